The lowest BCUT2D eigenvalue weighted by molar-refractivity contribution is -0.121. The maximum atomic E-state index is 13.6. The minimum absolute atomic E-state index is 0.0143. The van der Waals surface area contributed by atoms with E-state index in [1.165, 1.54) is 37.5 Å². The Balaban J connectivity index is 1.81. The highest BCUT2D eigenvalue weighted by Gasteiger charge is 2.15. The number of sulfone groups is 1. The van der Waals surface area contributed by atoms with Crippen molar-refractivity contribution in [3.8, 4) is 0 Å². The minimum Gasteiger partial charge on any atom is -0.356 e. The van der Waals surface area contributed by atoms with Gasteiger partial charge in [0.05, 0.1) is 5.75 Å². The summed E-state index contributed by atoms with van der Waals surface area (Å²) in [6, 6.07) is 4.34. The van der Waals surface area contributed by atoms with Crippen LogP contribution in [0.5, 0.6) is 0 Å². The Morgan fingerprint density at radius 2 is 1.90 bits per heavy atom. The van der Waals surface area contributed by atoms with Crippen LogP contribution in [0.2, 0.25) is 0 Å². The zero-order valence-corrected chi connectivity index (χ0v) is 17.9. The molecule has 1 aliphatic rings. The van der Waals surface area contributed by atoms with E-state index in [0.717, 1.165) is 19.1 Å². The van der Waals surface area contributed by atoms with Crippen molar-refractivity contribution in [2.45, 2.75) is 56.9 Å². The molecule has 162 valence electrons. The first-order valence-corrected chi connectivity index (χ1v) is 12.0. The fourth-order valence-corrected chi connectivity index (χ4v) is 4.27. The van der Waals surface area contributed by atoms with Crippen LogP contribution in [0.4, 0.5) is 4.39 Å². The molecule has 3 N–H and O–H groups in total. The van der Waals surface area contributed by atoms with Gasteiger partial charge in [0.2, 0.25) is 5.91 Å². The third-order valence-corrected chi connectivity index (χ3v) is 5.71. The zero-order chi connectivity index (χ0) is 21.3. The standard InChI is InChI=1S/C20H31FN4O3S/c1-22-20(23-11-10-19(26)25-18-6-4-3-5-7-18)24-13-16-12-17(21)9-8-15(16)14-29(2,27)28/h8-9,12,18H,3-7,10-11,13-14H2,1-2H3,(H,25,26)(H2,22,23,24). The van der Waals surface area contributed by atoms with Crippen LogP contribution < -0.4 is 16.0 Å². The fraction of sp³-hybridized carbons (Fsp3) is 0.600. The van der Waals surface area contributed by atoms with Gasteiger partial charge in [-0.05, 0) is 36.1 Å². The highest BCUT2D eigenvalue weighted by atomic mass is 32.2. The number of guanidine groups is 1. The molecule has 0 saturated heterocycles. The van der Waals surface area contributed by atoms with Gasteiger partial charge in [0.15, 0.2) is 15.8 Å². The van der Waals surface area contributed by atoms with Crippen molar-refractivity contribution in [1.82, 2.24) is 16.0 Å². The lowest BCUT2D eigenvalue weighted by atomic mass is 9.95. The second kappa shape index (κ2) is 11.1. The van der Waals surface area contributed by atoms with Gasteiger partial charge in [-0.1, -0.05) is 25.3 Å². The SMILES string of the molecule is CN=C(NCCC(=O)NC1CCCCC1)NCc1cc(F)ccc1CS(C)(=O)=O. The highest BCUT2D eigenvalue weighted by molar-refractivity contribution is 7.89. The van der Waals surface area contributed by atoms with Crippen LogP contribution in [0.25, 0.3) is 0 Å². The Morgan fingerprint density at radius 1 is 1.17 bits per heavy atom. The lowest BCUT2D eigenvalue weighted by Gasteiger charge is -2.22. The molecule has 0 spiro atoms. The predicted molar refractivity (Wildman–Crippen MR) is 113 cm³/mol. The number of nitrogens with zero attached hydrogens (tertiary/aromatic N) is 1. The highest BCUT2D eigenvalue weighted by Crippen LogP contribution is 2.17. The molecule has 0 bridgehead atoms. The minimum atomic E-state index is -3.23. The Kier molecular flexibility index (Phi) is 8.88. The zero-order valence-electron chi connectivity index (χ0n) is 17.1. The summed E-state index contributed by atoms with van der Waals surface area (Å²) < 4.78 is 36.8. The molecular weight excluding hydrogens is 395 g/mol. The summed E-state index contributed by atoms with van der Waals surface area (Å²) >= 11 is 0. The van der Waals surface area contributed by atoms with E-state index in [0.29, 0.717) is 30.1 Å². The lowest BCUT2D eigenvalue weighted by Crippen LogP contribution is -2.41. The number of aliphatic imine (C=N–C) groups is 1. The Hall–Kier alpha value is -2.16. The van der Waals surface area contributed by atoms with Gasteiger partial charge in [0.1, 0.15) is 5.82 Å². The molecule has 7 nitrogen and oxygen atoms in total. The molecule has 1 fully saturated rings. The van der Waals surface area contributed by atoms with Crippen LogP contribution in [-0.4, -0.2) is 46.2 Å². The molecule has 0 aromatic heterocycles. The molecule has 0 atom stereocenters. The average Bonchev–Trinajstić information content (AvgIpc) is 2.66. The van der Waals surface area contributed by atoms with Crippen LogP contribution in [0.15, 0.2) is 23.2 Å². The molecule has 2 rings (SSSR count). The second-order valence-electron chi connectivity index (χ2n) is 7.49. The van der Waals surface area contributed by atoms with Crippen molar-refractivity contribution in [2.24, 2.45) is 4.99 Å². The van der Waals surface area contributed by atoms with E-state index in [1.54, 1.807) is 7.05 Å². The molecule has 9 heteroatoms. The number of hydrogen-bond acceptors (Lipinski definition) is 4. The number of benzene rings is 1. The second-order valence-corrected chi connectivity index (χ2v) is 9.63. The first-order chi connectivity index (χ1) is 13.8. The van der Waals surface area contributed by atoms with Crippen molar-refractivity contribution in [2.75, 3.05) is 19.8 Å². The molecule has 1 aromatic carbocycles. The third kappa shape index (κ3) is 8.81. The van der Waals surface area contributed by atoms with E-state index < -0.39 is 15.7 Å². The molecule has 1 amide bonds. The van der Waals surface area contributed by atoms with Crippen LogP contribution in [-0.2, 0) is 26.9 Å². The average molecular weight is 427 g/mol. The van der Waals surface area contributed by atoms with Crippen molar-refractivity contribution in [3.05, 3.63) is 35.1 Å². The topological polar surface area (TPSA) is 99.7 Å². The Morgan fingerprint density at radius 3 is 2.55 bits per heavy atom. The van der Waals surface area contributed by atoms with E-state index in [1.807, 2.05) is 0 Å². The maximum absolute atomic E-state index is 13.6. The molecular formula is C20H31FN4O3S. The van der Waals surface area contributed by atoms with Gasteiger partial charge in [-0.3, -0.25) is 9.79 Å². The molecule has 1 aromatic rings. The number of nitrogens with one attached hydrogen (secondary N) is 3. The Labute approximate surface area is 172 Å². The summed E-state index contributed by atoms with van der Waals surface area (Å²) in [5, 5.41) is 9.16. The van der Waals surface area contributed by atoms with Gasteiger partial charge in [-0.15, -0.1) is 0 Å². The molecule has 29 heavy (non-hydrogen) atoms. The van der Waals surface area contributed by atoms with Crippen LogP contribution in [0, 0.1) is 5.82 Å². The van der Waals surface area contributed by atoms with Crippen molar-refractivity contribution < 1.29 is 17.6 Å². The quantitative estimate of drug-likeness (QED) is 0.435. The predicted octanol–water partition coefficient (Wildman–Crippen LogP) is 1.87. The normalized spacial score (nSPS) is 15.8. The van der Waals surface area contributed by atoms with E-state index in [9.17, 15) is 17.6 Å². The van der Waals surface area contributed by atoms with Gasteiger partial charge < -0.3 is 16.0 Å². The van der Waals surface area contributed by atoms with Crippen molar-refractivity contribution in [1.29, 1.82) is 0 Å². The van der Waals surface area contributed by atoms with Crippen LogP contribution in [0.3, 0.4) is 0 Å². The van der Waals surface area contributed by atoms with Crippen LogP contribution in [0.1, 0.15) is 49.7 Å². The van der Waals surface area contributed by atoms with E-state index >= 15 is 0 Å². The maximum Gasteiger partial charge on any atom is 0.221 e. The molecule has 0 radical (unpaired) electrons. The van der Waals surface area contributed by atoms with Gasteiger partial charge in [0, 0.05) is 38.9 Å². The third-order valence-electron chi connectivity index (χ3n) is 4.87. The molecule has 0 unspecified atom stereocenters. The number of amides is 1. The molecule has 1 saturated carbocycles. The summed E-state index contributed by atoms with van der Waals surface area (Å²) in [6.07, 6.45) is 7.15. The summed E-state index contributed by atoms with van der Waals surface area (Å²) in [6.45, 7) is 0.633. The summed E-state index contributed by atoms with van der Waals surface area (Å²) in [5.74, 6) is -0.107. The first-order valence-electron chi connectivity index (χ1n) is 9.96. The van der Waals surface area contributed by atoms with Gasteiger partial charge in [0.25, 0.3) is 0 Å². The largest absolute Gasteiger partial charge is 0.356 e. The summed E-state index contributed by atoms with van der Waals surface area (Å²) in [7, 11) is -1.64. The summed E-state index contributed by atoms with van der Waals surface area (Å²) in [5.41, 5.74) is 1.09. The number of carbonyl (C=O) groups is 1. The first kappa shape index (κ1) is 23.1. The smallest absolute Gasteiger partial charge is 0.221 e. The molecule has 1 aliphatic carbocycles. The Bertz CT molecular complexity index is 821. The van der Waals surface area contributed by atoms with E-state index in [2.05, 4.69) is 20.9 Å². The van der Waals surface area contributed by atoms with Gasteiger partial charge in [-0.25, -0.2) is 12.8 Å². The number of halogens is 1. The monoisotopic (exact) mass is 426 g/mol. The van der Waals surface area contributed by atoms with Crippen molar-refractivity contribution >= 4 is 21.7 Å². The number of carbonyl (C=O) groups excluding carboxylic acids is 1. The van der Waals surface area contributed by atoms with E-state index in [-0.39, 0.29) is 24.2 Å². The van der Waals surface area contributed by atoms with E-state index in [4.69, 9.17) is 0 Å². The van der Waals surface area contributed by atoms with Crippen molar-refractivity contribution in [3.63, 3.8) is 0 Å². The summed E-state index contributed by atoms with van der Waals surface area (Å²) in [4.78, 5) is 16.2. The fourth-order valence-electron chi connectivity index (χ4n) is 3.42. The molecule has 0 aliphatic heterocycles. The number of hydrogen-bond donors (Lipinski definition) is 3. The van der Waals surface area contributed by atoms with Gasteiger partial charge >= 0.3 is 0 Å². The van der Waals surface area contributed by atoms with Crippen LogP contribution >= 0.6 is 0 Å². The molecule has 0 heterocycles. The van der Waals surface area contributed by atoms with Gasteiger partial charge in [-0.2, -0.15) is 0 Å². The number of rotatable bonds is 8.